The second-order valence-electron chi connectivity index (χ2n) is 4.56. The highest BCUT2D eigenvalue weighted by molar-refractivity contribution is 5.70. The Morgan fingerprint density at radius 1 is 0.789 bits per heavy atom. The molecule has 2 rings (SSSR count). The van der Waals surface area contributed by atoms with Crippen LogP contribution in [0.25, 0.3) is 11.1 Å². The summed E-state index contributed by atoms with van der Waals surface area (Å²) in [7, 11) is 0. The first kappa shape index (κ1) is 13.6. The van der Waals surface area contributed by atoms with Crippen molar-refractivity contribution in [2.24, 2.45) is 5.73 Å². The molecular weight excluding hydrogens is 234 g/mol. The van der Waals surface area contributed by atoms with Gasteiger partial charge in [0.15, 0.2) is 0 Å². The van der Waals surface area contributed by atoms with E-state index >= 15 is 0 Å². The molecule has 2 N–H and O–H groups in total. The molecule has 0 spiro atoms. The molecule has 0 aliphatic heterocycles. The number of nitrogens with two attached hydrogens (primary N) is 1. The quantitative estimate of drug-likeness (QED) is 0.762. The summed E-state index contributed by atoms with van der Waals surface area (Å²) in [6.07, 6.45) is 3.26. The summed E-state index contributed by atoms with van der Waals surface area (Å²) in [4.78, 5) is 0. The van der Waals surface area contributed by atoms with Crippen molar-refractivity contribution in [2.75, 3.05) is 13.2 Å². The Morgan fingerprint density at radius 3 is 2.32 bits per heavy atom. The molecule has 0 saturated heterocycles. The van der Waals surface area contributed by atoms with Gasteiger partial charge in [0.05, 0.1) is 6.61 Å². The monoisotopic (exact) mass is 255 g/mol. The van der Waals surface area contributed by atoms with Crippen molar-refractivity contribution in [1.29, 1.82) is 0 Å². The highest BCUT2D eigenvalue weighted by Gasteiger charge is 2.04. The van der Waals surface area contributed by atoms with Gasteiger partial charge in [0, 0.05) is 5.56 Å². The molecule has 0 amide bonds. The molecule has 0 aliphatic carbocycles. The largest absolute Gasteiger partial charge is 0.493 e. The number of rotatable bonds is 7. The van der Waals surface area contributed by atoms with Crippen LogP contribution in [0.4, 0.5) is 0 Å². The Labute approximate surface area is 115 Å². The van der Waals surface area contributed by atoms with Crippen molar-refractivity contribution in [1.82, 2.24) is 0 Å². The minimum absolute atomic E-state index is 0.754. The van der Waals surface area contributed by atoms with E-state index in [0.717, 1.165) is 43.7 Å². The average Bonchev–Trinajstić information content (AvgIpc) is 2.48. The van der Waals surface area contributed by atoms with Gasteiger partial charge in [-0.2, -0.15) is 0 Å². The van der Waals surface area contributed by atoms with Gasteiger partial charge in [0.1, 0.15) is 5.75 Å². The Bertz CT molecular complexity index is 482. The van der Waals surface area contributed by atoms with Crippen LogP contribution in [-0.2, 0) is 0 Å². The molecule has 0 fully saturated rings. The van der Waals surface area contributed by atoms with E-state index in [4.69, 9.17) is 10.5 Å². The molecule has 0 heterocycles. The van der Waals surface area contributed by atoms with Crippen LogP contribution in [0, 0.1) is 0 Å². The molecule has 2 aromatic rings. The fourth-order valence-corrected chi connectivity index (χ4v) is 2.05. The van der Waals surface area contributed by atoms with Gasteiger partial charge in [0.2, 0.25) is 0 Å². The van der Waals surface area contributed by atoms with Crippen LogP contribution in [-0.4, -0.2) is 13.2 Å². The molecule has 0 bridgehead atoms. The number of hydrogen-bond acceptors (Lipinski definition) is 2. The topological polar surface area (TPSA) is 35.2 Å². The summed E-state index contributed by atoms with van der Waals surface area (Å²) in [5.41, 5.74) is 7.83. The molecule has 100 valence electrons. The second kappa shape index (κ2) is 7.59. The van der Waals surface area contributed by atoms with Gasteiger partial charge in [0.25, 0.3) is 0 Å². The molecule has 2 heteroatoms. The number of unbranched alkanes of at least 4 members (excludes halogenated alkanes) is 2. The Balaban J connectivity index is 2.01. The van der Waals surface area contributed by atoms with E-state index in [1.54, 1.807) is 0 Å². The first-order valence-electron chi connectivity index (χ1n) is 6.89. The van der Waals surface area contributed by atoms with Gasteiger partial charge < -0.3 is 10.5 Å². The Hall–Kier alpha value is -1.80. The van der Waals surface area contributed by atoms with Crippen LogP contribution in [0.3, 0.4) is 0 Å². The smallest absolute Gasteiger partial charge is 0.127 e. The van der Waals surface area contributed by atoms with Gasteiger partial charge in [-0.05, 0) is 37.4 Å². The average molecular weight is 255 g/mol. The molecule has 0 aliphatic rings. The molecule has 2 nitrogen and oxygen atoms in total. The SMILES string of the molecule is NCCCCCOc1ccccc1-c1ccccc1. The molecular formula is C17H21NO. The summed E-state index contributed by atoms with van der Waals surface area (Å²) < 4.78 is 5.90. The predicted octanol–water partition coefficient (Wildman–Crippen LogP) is 3.86. The number of hydrogen-bond donors (Lipinski definition) is 1. The van der Waals surface area contributed by atoms with Crippen LogP contribution in [0.1, 0.15) is 19.3 Å². The Kier molecular flexibility index (Phi) is 5.45. The maximum atomic E-state index is 5.90. The van der Waals surface area contributed by atoms with Gasteiger partial charge >= 0.3 is 0 Å². The summed E-state index contributed by atoms with van der Waals surface area (Å²) in [6, 6.07) is 18.5. The van der Waals surface area contributed by atoms with Crippen LogP contribution in [0.15, 0.2) is 54.6 Å². The number of para-hydroxylation sites is 1. The van der Waals surface area contributed by atoms with E-state index in [-0.39, 0.29) is 0 Å². The van der Waals surface area contributed by atoms with Gasteiger partial charge in [-0.25, -0.2) is 0 Å². The van der Waals surface area contributed by atoms with E-state index in [1.807, 2.05) is 36.4 Å². The lowest BCUT2D eigenvalue weighted by molar-refractivity contribution is 0.307. The van der Waals surface area contributed by atoms with E-state index < -0.39 is 0 Å². The summed E-state index contributed by atoms with van der Waals surface area (Å²) in [5, 5.41) is 0. The predicted molar refractivity (Wildman–Crippen MR) is 80.3 cm³/mol. The zero-order valence-electron chi connectivity index (χ0n) is 11.2. The molecule has 0 atom stereocenters. The van der Waals surface area contributed by atoms with E-state index in [0.29, 0.717) is 0 Å². The van der Waals surface area contributed by atoms with Crippen LogP contribution < -0.4 is 10.5 Å². The summed E-state index contributed by atoms with van der Waals surface area (Å²) in [5.74, 6) is 0.960. The summed E-state index contributed by atoms with van der Waals surface area (Å²) in [6.45, 7) is 1.52. The zero-order valence-corrected chi connectivity index (χ0v) is 11.2. The molecule has 0 aromatic heterocycles. The van der Waals surface area contributed by atoms with E-state index in [1.165, 1.54) is 5.56 Å². The van der Waals surface area contributed by atoms with Crippen molar-refractivity contribution < 1.29 is 4.74 Å². The third-order valence-corrected chi connectivity index (χ3v) is 3.08. The Morgan fingerprint density at radius 2 is 1.53 bits per heavy atom. The first-order chi connectivity index (χ1) is 9.42. The van der Waals surface area contributed by atoms with Gasteiger partial charge in [-0.3, -0.25) is 0 Å². The van der Waals surface area contributed by atoms with Crippen molar-refractivity contribution in [3.63, 3.8) is 0 Å². The van der Waals surface area contributed by atoms with E-state index in [9.17, 15) is 0 Å². The third kappa shape index (κ3) is 4.11. The first-order valence-corrected chi connectivity index (χ1v) is 6.89. The lowest BCUT2D eigenvalue weighted by Crippen LogP contribution is -2.02. The van der Waals surface area contributed by atoms with Crippen molar-refractivity contribution in [3.05, 3.63) is 54.6 Å². The van der Waals surface area contributed by atoms with E-state index in [2.05, 4.69) is 18.2 Å². The van der Waals surface area contributed by atoms with Crippen LogP contribution in [0.2, 0.25) is 0 Å². The second-order valence-corrected chi connectivity index (χ2v) is 4.56. The highest BCUT2D eigenvalue weighted by Crippen LogP contribution is 2.29. The third-order valence-electron chi connectivity index (χ3n) is 3.08. The van der Waals surface area contributed by atoms with Gasteiger partial charge in [-0.15, -0.1) is 0 Å². The maximum absolute atomic E-state index is 5.90. The fourth-order valence-electron chi connectivity index (χ4n) is 2.05. The number of benzene rings is 2. The van der Waals surface area contributed by atoms with Gasteiger partial charge in [-0.1, -0.05) is 48.5 Å². The normalized spacial score (nSPS) is 10.4. The van der Waals surface area contributed by atoms with Crippen LogP contribution in [0.5, 0.6) is 5.75 Å². The fraction of sp³-hybridized carbons (Fsp3) is 0.294. The van der Waals surface area contributed by atoms with Crippen LogP contribution >= 0.6 is 0 Å². The molecule has 2 aromatic carbocycles. The molecule has 0 saturated carbocycles. The summed E-state index contributed by atoms with van der Waals surface area (Å²) >= 11 is 0. The standard InChI is InChI=1S/C17H21NO/c18-13-7-2-8-14-19-17-12-6-5-11-16(17)15-9-3-1-4-10-15/h1,3-6,9-12H,2,7-8,13-14,18H2. The minimum Gasteiger partial charge on any atom is -0.493 e. The lowest BCUT2D eigenvalue weighted by atomic mass is 10.1. The van der Waals surface area contributed by atoms with Crippen molar-refractivity contribution in [3.8, 4) is 16.9 Å². The number of ether oxygens (including phenoxy) is 1. The highest BCUT2D eigenvalue weighted by atomic mass is 16.5. The van der Waals surface area contributed by atoms with Crippen molar-refractivity contribution in [2.45, 2.75) is 19.3 Å². The zero-order chi connectivity index (χ0) is 13.3. The minimum atomic E-state index is 0.754. The molecule has 0 unspecified atom stereocenters. The van der Waals surface area contributed by atoms with Crippen molar-refractivity contribution >= 4 is 0 Å². The molecule has 0 radical (unpaired) electrons. The lowest BCUT2D eigenvalue weighted by Gasteiger charge is -2.11. The molecule has 19 heavy (non-hydrogen) atoms. The maximum Gasteiger partial charge on any atom is 0.127 e.